The summed E-state index contributed by atoms with van der Waals surface area (Å²) >= 11 is 8.19. The number of thioether (sulfide) groups is 1. The number of carbonyl (C=O) groups is 2. The summed E-state index contributed by atoms with van der Waals surface area (Å²) in [5, 5.41) is 8.22. The minimum Gasteiger partial charge on any atom is -0.454 e. The third-order valence-electron chi connectivity index (χ3n) is 6.73. The Balaban J connectivity index is 1.68. The van der Waals surface area contributed by atoms with Crippen LogP contribution in [0.3, 0.4) is 0 Å². The highest BCUT2D eigenvalue weighted by molar-refractivity contribution is 8.00. The number of nitrogens with zero attached hydrogens (tertiary/aromatic N) is 3. The monoisotopic (exact) mass is 584 g/mol. The molecule has 2 aliphatic heterocycles. The van der Waals surface area contributed by atoms with Crippen molar-refractivity contribution in [2.45, 2.75) is 37.9 Å². The molecule has 11 heteroatoms. The van der Waals surface area contributed by atoms with Crippen molar-refractivity contribution in [2.75, 3.05) is 44.3 Å². The smallest absolute Gasteiger partial charge is 0.240 e. The molecule has 1 N–H and O–H groups in total. The van der Waals surface area contributed by atoms with E-state index in [1.54, 1.807) is 22.8 Å². The molecule has 1 aromatic heterocycles. The predicted octanol–water partition coefficient (Wildman–Crippen LogP) is 4.87. The maximum absolute atomic E-state index is 13.8. The first-order chi connectivity index (χ1) is 19.2. The zero-order valence-electron chi connectivity index (χ0n) is 23.0. The average molecular weight is 585 g/mol. The highest BCUT2D eigenvalue weighted by atomic mass is 35.5. The van der Waals surface area contributed by atoms with Crippen molar-refractivity contribution in [2.24, 2.45) is 0 Å². The SMILES string of the molecule is COCCCNC(=O)CN1C(=O)CSC(c2ccc3c(c2)OCO3)c2c(C(C)(C)C)nn(-c3ccccc3Cl)c21. The van der Waals surface area contributed by atoms with Crippen LogP contribution in [0.25, 0.3) is 5.69 Å². The van der Waals surface area contributed by atoms with Crippen molar-refractivity contribution in [3.63, 3.8) is 0 Å². The zero-order valence-corrected chi connectivity index (χ0v) is 24.6. The average Bonchev–Trinajstić information content (AvgIpc) is 3.52. The summed E-state index contributed by atoms with van der Waals surface area (Å²) in [6, 6.07) is 13.2. The Morgan fingerprint density at radius 3 is 2.73 bits per heavy atom. The van der Waals surface area contributed by atoms with Gasteiger partial charge in [0.25, 0.3) is 0 Å². The fourth-order valence-electron chi connectivity index (χ4n) is 4.85. The lowest BCUT2D eigenvalue weighted by Crippen LogP contribution is -2.42. The molecule has 1 atom stereocenters. The summed E-state index contributed by atoms with van der Waals surface area (Å²) in [7, 11) is 1.62. The Bertz CT molecular complexity index is 1420. The van der Waals surface area contributed by atoms with Crippen LogP contribution in [0.2, 0.25) is 5.02 Å². The van der Waals surface area contributed by atoms with Gasteiger partial charge in [0.15, 0.2) is 11.5 Å². The molecule has 3 heterocycles. The summed E-state index contributed by atoms with van der Waals surface area (Å²) in [6.07, 6.45) is 0.676. The fraction of sp³-hybridized carbons (Fsp3) is 0.414. The number of ether oxygens (including phenoxy) is 3. The topological polar surface area (TPSA) is 94.9 Å². The van der Waals surface area contributed by atoms with E-state index >= 15 is 0 Å². The molecular weight excluding hydrogens is 552 g/mol. The quantitative estimate of drug-likeness (QED) is 0.377. The molecule has 40 heavy (non-hydrogen) atoms. The number of hydrogen-bond donors (Lipinski definition) is 1. The number of halogens is 1. The number of rotatable bonds is 8. The number of nitrogens with one attached hydrogen (secondary N) is 1. The number of para-hydroxylation sites is 1. The molecule has 2 aromatic carbocycles. The molecule has 0 aliphatic carbocycles. The molecule has 0 spiro atoms. The van der Waals surface area contributed by atoms with Crippen LogP contribution < -0.4 is 19.7 Å². The molecule has 9 nitrogen and oxygen atoms in total. The van der Waals surface area contributed by atoms with Gasteiger partial charge in [-0.15, -0.1) is 11.8 Å². The van der Waals surface area contributed by atoms with Gasteiger partial charge in [-0.3, -0.25) is 14.5 Å². The van der Waals surface area contributed by atoms with E-state index in [2.05, 4.69) is 26.1 Å². The van der Waals surface area contributed by atoms with E-state index in [9.17, 15) is 9.59 Å². The van der Waals surface area contributed by atoms with Crippen LogP contribution in [0, 0.1) is 0 Å². The molecule has 5 rings (SSSR count). The number of carbonyl (C=O) groups excluding carboxylic acids is 2. The third-order valence-corrected chi connectivity index (χ3v) is 8.30. The molecule has 0 bridgehead atoms. The Hall–Kier alpha value is -3.21. The van der Waals surface area contributed by atoms with Gasteiger partial charge in [0.05, 0.1) is 27.4 Å². The molecule has 0 saturated heterocycles. The number of benzene rings is 2. The molecule has 1 unspecified atom stereocenters. The number of hydrogen-bond acceptors (Lipinski definition) is 7. The molecule has 212 valence electrons. The summed E-state index contributed by atoms with van der Waals surface area (Å²) in [6.45, 7) is 7.29. The van der Waals surface area contributed by atoms with E-state index in [4.69, 9.17) is 30.9 Å². The van der Waals surface area contributed by atoms with Crippen LogP contribution in [0.5, 0.6) is 11.5 Å². The molecule has 2 aliphatic rings. The second-order valence-corrected chi connectivity index (χ2v) is 12.2. The van der Waals surface area contributed by atoms with Crippen LogP contribution >= 0.6 is 23.4 Å². The number of aromatic nitrogens is 2. The highest BCUT2D eigenvalue weighted by Crippen LogP contribution is 2.50. The van der Waals surface area contributed by atoms with Crippen molar-refractivity contribution in [3.8, 4) is 17.2 Å². The lowest BCUT2D eigenvalue weighted by Gasteiger charge is -2.24. The second-order valence-electron chi connectivity index (χ2n) is 10.7. The number of anilines is 1. The first-order valence-electron chi connectivity index (χ1n) is 13.1. The Kier molecular flexibility index (Phi) is 8.30. The number of fused-ring (bicyclic) bond motifs is 2. The molecule has 0 saturated carbocycles. The lowest BCUT2D eigenvalue weighted by molar-refractivity contribution is -0.122. The lowest BCUT2D eigenvalue weighted by atomic mass is 9.87. The van der Waals surface area contributed by atoms with Gasteiger partial charge in [0.2, 0.25) is 18.6 Å². The van der Waals surface area contributed by atoms with E-state index < -0.39 is 0 Å². The first kappa shape index (κ1) is 28.3. The third kappa shape index (κ3) is 5.66. The van der Waals surface area contributed by atoms with Crippen molar-refractivity contribution in [3.05, 3.63) is 64.3 Å². The Labute approximate surface area is 243 Å². The van der Waals surface area contributed by atoms with Gasteiger partial charge in [0, 0.05) is 31.2 Å². The summed E-state index contributed by atoms with van der Waals surface area (Å²) < 4.78 is 18.0. The maximum atomic E-state index is 13.8. The van der Waals surface area contributed by atoms with Gasteiger partial charge in [-0.1, -0.05) is 50.6 Å². The largest absolute Gasteiger partial charge is 0.454 e. The van der Waals surface area contributed by atoms with E-state index in [-0.39, 0.29) is 41.6 Å². The minimum atomic E-state index is -0.382. The van der Waals surface area contributed by atoms with E-state index in [0.29, 0.717) is 47.6 Å². The van der Waals surface area contributed by atoms with Gasteiger partial charge in [-0.05, 0) is 36.2 Å². The van der Waals surface area contributed by atoms with E-state index in [1.165, 1.54) is 11.8 Å². The molecule has 3 aromatic rings. The van der Waals surface area contributed by atoms with Gasteiger partial charge < -0.3 is 19.5 Å². The molecular formula is C29H33ClN4O5S. The van der Waals surface area contributed by atoms with Gasteiger partial charge >= 0.3 is 0 Å². The van der Waals surface area contributed by atoms with E-state index in [1.807, 2.05) is 36.4 Å². The minimum absolute atomic E-state index is 0.146. The van der Waals surface area contributed by atoms with Crippen molar-refractivity contribution < 1.29 is 23.8 Å². The van der Waals surface area contributed by atoms with Crippen LogP contribution in [0.1, 0.15) is 49.3 Å². The van der Waals surface area contributed by atoms with Crippen molar-refractivity contribution >= 4 is 41.0 Å². The summed E-state index contributed by atoms with van der Waals surface area (Å²) in [5.41, 5.74) is 2.89. The molecule has 0 radical (unpaired) electrons. The first-order valence-corrected chi connectivity index (χ1v) is 14.6. The number of amides is 2. The summed E-state index contributed by atoms with van der Waals surface area (Å²) in [4.78, 5) is 28.4. The standard InChI is InChI=1S/C29H33ClN4O5S/c1-29(2,3)27-25-26(18-10-11-21-22(14-18)39-17-38-21)40-16-24(36)33(15-23(35)31-12-7-13-37-4)28(25)34(32-27)20-9-6-5-8-19(20)30/h5-6,8-11,14,26H,7,12-13,15-17H2,1-4H3,(H,31,35). The van der Waals surface area contributed by atoms with E-state index in [0.717, 1.165) is 16.8 Å². The maximum Gasteiger partial charge on any atom is 0.240 e. The highest BCUT2D eigenvalue weighted by Gasteiger charge is 2.40. The van der Waals surface area contributed by atoms with Crippen LogP contribution in [-0.2, 0) is 19.7 Å². The van der Waals surface area contributed by atoms with Crippen molar-refractivity contribution in [1.29, 1.82) is 0 Å². The van der Waals surface area contributed by atoms with Gasteiger partial charge in [-0.25, -0.2) is 4.68 Å². The normalized spacial score (nSPS) is 16.6. The molecule has 0 fully saturated rings. The zero-order chi connectivity index (χ0) is 28.4. The second kappa shape index (κ2) is 11.7. The Morgan fingerprint density at radius 1 is 1.20 bits per heavy atom. The fourth-order valence-corrected chi connectivity index (χ4v) is 6.25. The summed E-state index contributed by atoms with van der Waals surface area (Å²) in [5.74, 6) is 1.63. The Morgan fingerprint density at radius 2 is 1.98 bits per heavy atom. The number of methoxy groups -OCH3 is 1. The van der Waals surface area contributed by atoms with Crippen LogP contribution in [0.15, 0.2) is 42.5 Å². The predicted molar refractivity (Wildman–Crippen MR) is 156 cm³/mol. The van der Waals surface area contributed by atoms with Crippen LogP contribution in [-0.4, -0.2) is 60.9 Å². The van der Waals surface area contributed by atoms with Gasteiger partial charge in [-0.2, -0.15) is 5.10 Å². The van der Waals surface area contributed by atoms with Crippen LogP contribution in [0.4, 0.5) is 5.82 Å². The van der Waals surface area contributed by atoms with Crippen molar-refractivity contribution in [1.82, 2.24) is 15.1 Å². The molecule has 2 amide bonds. The van der Waals surface area contributed by atoms with Gasteiger partial charge in [0.1, 0.15) is 12.4 Å².